The average Bonchev–Trinajstić information content (AvgIpc) is 2.63. The number of rotatable bonds is 4. The predicted molar refractivity (Wildman–Crippen MR) is 75.4 cm³/mol. The lowest BCUT2D eigenvalue weighted by atomic mass is 9.81. The number of hydrogen-bond donors (Lipinski definition) is 3. The molecule has 3 heteroatoms. The molecule has 3 rings (SSSR count). The number of H-pyrrole nitrogens is 1. The Bertz CT molecular complexity index is 538. The van der Waals surface area contributed by atoms with Gasteiger partial charge in [0.2, 0.25) is 0 Å². The van der Waals surface area contributed by atoms with Gasteiger partial charge in [0, 0.05) is 29.2 Å². The van der Waals surface area contributed by atoms with Crippen LogP contribution in [0.4, 0.5) is 0 Å². The summed E-state index contributed by atoms with van der Waals surface area (Å²) in [6.07, 6.45) is 2.36. The van der Waals surface area contributed by atoms with Crippen molar-refractivity contribution < 1.29 is 0 Å². The van der Waals surface area contributed by atoms with E-state index in [2.05, 4.69) is 41.5 Å². The van der Waals surface area contributed by atoms with E-state index in [1.54, 1.807) is 0 Å². The third kappa shape index (κ3) is 2.16. The van der Waals surface area contributed by atoms with Crippen molar-refractivity contribution in [1.82, 2.24) is 10.3 Å². The monoisotopic (exact) mass is 243 g/mol. The van der Waals surface area contributed by atoms with E-state index in [9.17, 15) is 0 Å². The number of nitrogens with two attached hydrogens (primary N) is 1. The van der Waals surface area contributed by atoms with E-state index in [0.29, 0.717) is 6.04 Å². The Kier molecular flexibility index (Phi) is 3.10. The molecule has 96 valence electrons. The third-order valence-corrected chi connectivity index (χ3v) is 4.03. The summed E-state index contributed by atoms with van der Waals surface area (Å²) in [5.74, 6) is 0.783. The van der Waals surface area contributed by atoms with Crippen LogP contribution in [0.5, 0.6) is 0 Å². The van der Waals surface area contributed by atoms with Gasteiger partial charge in [-0.05, 0) is 43.9 Å². The summed E-state index contributed by atoms with van der Waals surface area (Å²) in [4.78, 5) is 3.44. The molecule has 3 nitrogen and oxygen atoms in total. The quantitative estimate of drug-likeness (QED) is 0.772. The molecule has 0 atom stereocenters. The highest BCUT2D eigenvalue weighted by atomic mass is 14.9. The summed E-state index contributed by atoms with van der Waals surface area (Å²) in [6.45, 7) is 4.19. The Labute approximate surface area is 108 Å². The lowest BCUT2D eigenvalue weighted by molar-refractivity contribution is 0.256. The first-order valence-corrected chi connectivity index (χ1v) is 6.76. The first-order valence-electron chi connectivity index (χ1n) is 6.76. The molecule has 1 heterocycles. The molecule has 1 fully saturated rings. The van der Waals surface area contributed by atoms with Crippen LogP contribution in [0.3, 0.4) is 0 Å². The average molecular weight is 243 g/mol. The Morgan fingerprint density at radius 1 is 1.33 bits per heavy atom. The van der Waals surface area contributed by atoms with Gasteiger partial charge in [-0.15, -0.1) is 0 Å². The Balaban J connectivity index is 1.65. The molecule has 1 aromatic heterocycles. The van der Waals surface area contributed by atoms with E-state index in [1.807, 2.05) is 0 Å². The molecule has 0 spiro atoms. The molecule has 1 aliphatic rings. The fourth-order valence-electron chi connectivity index (χ4n) is 2.92. The Morgan fingerprint density at radius 2 is 2.11 bits per heavy atom. The zero-order chi connectivity index (χ0) is 12.5. The lowest BCUT2D eigenvalue weighted by Crippen LogP contribution is -2.41. The van der Waals surface area contributed by atoms with Gasteiger partial charge in [0.15, 0.2) is 0 Å². The molecule has 1 aliphatic carbocycles. The predicted octanol–water partition coefficient (Wildman–Crippen LogP) is 2.30. The topological polar surface area (TPSA) is 53.8 Å². The van der Waals surface area contributed by atoms with Gasteiger partial charge in [-0.1, -0.05) is 18.2 Å². The Hall–Kier alpha value is -1.32. The second kappa shape index (κ2) is 4.75. The number of benzene rings is 1. The minimum atomic E-state index is 0.451. The zero-order valence-electron chi connectivity index (χ0n) is 10.9. The summed E-state index contributed by atoms with van der Waals surface area (Å²) < 4.78 is 0. The van der Waals surface area contributed by atoms with Crippen LogP contribution < -0.4 is 11.1 Å². The minimum Gasteiger partial charge on any atom is -0.358 e. The van der Waals surface area contributed by atoms with Gasteiger partial charge in [0.25, 0.3) is 0 Å². The molecule has 0 amide bonds. The number of aromatic amines is 1. The molecular weight excluding hydrogens is 222 g/mol. The number of fused-ring (bicyclic) bond motifs is 1. The molecule has 2 aromatic rings. The second-order valence-electron chi connectivity index (χ2n) is 5.50. The van der Waals surface area contributed by atoms with Gasteiger partial charge in [0.05, 0.1) is 0 Å². The van der Waals surface area contributed by atoms with Crippen LogP contribution >= 0.6 is 0 Å². The van der Waals surface area contributed by atoms with Gasteiger partial charge >= 0.3 is 0 Å². The number of aryl methyl sites for hydroxylation is 1. The zero-order valence-corrected chi connectivity index (χ0v) is 10.9. The van der Waals surface area contributed by atoms with Gasteiger partial charge in [-0.25, -0.2) is 0 Å². The lowest BCUT2D eigenvalue weighted by Gasteiger charge is -2.32. The van der Waals surface area contributed by atoms with Crippen LogP contribution in [-0.4, -0.2) is 17.6 Å². The molecule has 0 bridgehead atoms. The number of nitrogens with one attached hydrogen (secondary N) is 2. The molecule has 1 saturated carbocycles. The number of aromatic nitrogens is 1. The summed E-state index contributed by atoms with van der Waals surface area (Å²) in [5.41, 5.74) is 9.70. The fraction of sp³-hybridized carbons (Fsp3) is 0.467. The van der Waals surface area contributed by atoms with Crippen LogP contribution in [0.25, 0.3) is 10.9 Å². The molecule has 18 heavy (non-hydrogen) atoms. The fourth-order valence-corrected chi connectivity index (χ4v) is 2.92. The summed E-state index contributed by atoms with van der Waals surface area (Å²) in [5, 5.41) is 4.91. The van der Waals surface area contributed by atoms with Gasteiger partial charge < -0.3 is 16.0 Å². The highest BCUT2D eigenvalue weighted by Gasteiger charge is 2.25. The summed E-state index contributed by atoms with van der Waals surface area (Å²) in [7, 11) is 0. The van der Waals surface area contributed by atoms with Crippen LogP contribution in [0.2, 0.25) is 0 Å². The number of para-hydroxylation sites is 1. The third-order valence-electron chi connectivity index (χ3n) is 4.03. The van der Waals surface area contributed by atoms with Crippen LogP contribution in [0.15, 0.2) is 24.3 Å². The number of hydrogen-bond acceptors (Lipinski definition) is 2. The van der Waals surface area contributed by atoms with Crippen molar-refractivity contribution in [2.75, 3.05) is 6.54 Å². The van der Waals surface area contributed by atoms with Gasteiger partial charge in [0.1, 0.15) is 0 Å². The molecular formula is C15H21N3. The van der Waals surface area contributed by atoms with Crippen molar-refractivity contribution in [2.24, 2.45) is 11.7 Å². The van der Waals surface area contributed by atoms with Crippen molar-refractivity contribution in [3.05, 3.63) is 35.5 Å². The van der Waals surface area contributed by atoms with E-state index in [-0.39, 0.29) is 0 Å². The smallest absolute Gasteiger partial charge is 0.0459 e. The SMILES string of the molecule is Cc1[nH]c2ccccc2c1CNCC1CC(N)C1. The maximum Gasteiger partial charge on any atom is 0.0459 e. The van der Waals surface area contributed by atoms with E-state index < -0.39 is 0 Å². The summed E-state index contributed by atoms with van der Waals surface area (Å²) in [6, 6.07) is 8.95. The maximum absolute atomic E-state index is 5.80. The molecule has 0 radical (unpaired) electrons. The second-order valence-corrected chi connectivity index (χ2v) is 5.50. The van der Waals surface area contributed by atoms with Crippen LogP contribution in [0, 0.1) is 12.8 Å². The normalized spacial score (nSPS) is 23.2. The highest BCUT2D eigenvalue weighted by Crippen LogP contribution is 2.25. The molecule has 0 saturated heterocycles. The largest absolute Gasteiger partial charge is 0.358 e. The van der Waals surface area contributed by atoms with Crippen molar-refractivity contribution in [1.29, 1.82) is 0 Å². The van der Waals surface area contributed by atoms with Crippen molar-refractivity contribution in [2.45, 2.75) is 32.4 Å². The van der Waals surface area contributed by atoms with Crippen LogP contribution in [0.1, 0.15) is 24.1 Å². The van der Waals surface area contributed by atoms with Gasteiger partial charge in [-0.3, -0.25) is 0 Å². The molecule has 0 unspecified atom stereocenters. The van der Waals surface area contributed by atoms with E-state index in [4.69, 9.17) is 5.73 Å². The van der Waals surface area contributed by atoms with Crippen LogP contribution in [-0.2, 0) is 6.54 Å². The molecule has 0 aliphatic heterocycles. The first kappa shape index (κ1) is 11.8. The first-order chi connectivity index (χ1) is 8.74. The highest BCUT2D eigenvalue weighted by molar-refractivity contribution is 5.84. The van der Waals surface area contributed by atoms with Gasteiger partial charge in [-0.2, -0.15) is 0 Å². The molecule has 4 N–H and O–H groups in total. The van der Waals surface area contributed by atoms with E-state index >= 15 is 0 Å². The summed E-state index contributed by atoms with van der Waals surface area (Å²) >= 11 is 0. The van der Waals surface area contributed by atoms with Crippen molar-refractivity contribution in [3.8, 4) is 0 Å². The Morgan fingerprint density at radius 3 is 2.89 bits per heavy atom. The van der Waals surface area contributed by atoms with Crippen molar-refractivity contribution >= 4 is 10.9 Å². The van der Waals surface area contributed by atoms with E-state index in [1.165, 1.54) is 35.0 Å². The standard InChI is InChI=1S/C15H21N3/c1-10-14(9-17-8-11-6-12(16)7-11)13-4-2-3-5-15(13)18-10/h2-5,11-12,17-18H,6-9,16H2,1H3. The van der Waals surface area contributed by atoms with Crippen molar-refractivity contribution in [3.63, 3.8) is 0 Å². The minimum absolute atomic E-state index is 0.451. The molecule has 1 aromatic carbocycles. The van der Waals surface area contributed by atoms with E-state index in [0.717, 1.165) is 19.0 Å². The maximum atomic E-state index is 5.80.